The van der Waals surface area contributed by atoms with Gasteiger partial charge in [-0.1, -0.05) is 42.5 Å². The van der Waals surface area contributed by atoms with Crippen molar-refractivity contribution >= 4 is 0 Å². The van der Waals surface area contributed by atoms with E-state index in [0.717, 1.165) is 24.9 Å². The lowest BCUT2D eigenvalue weighted by Gasteiger charge is -2.21. The maximum Gasteiger partial charge on any atom is 0.115 e. The normalized spacial score (nSPS) is 24.9. The van der Waals surface area contributed by atoms with Crippen LogP contribution in [0.1, 0.15) is 11.1 Å². The van der Waals surface area contributed by atoms with Gasteiger partial charge < -0.3 is 5.11 Å². The summed E-state index contributed by atoms with van der Waals surface area (Å²) in [5, 5.41) is 9.38. The first-order valence-corrected chi connectivity index (χ1v) is 8.53. The second-order valence-electron chi connectivity index (χ2n) is 7.06. The Morgan fingerprint density at radius 2 is 1.17 bits per heavy atom. The first-order valence-electron chi connectivity index (χ1n) is 8.53. The molecule has 4 rings (SSSR count). The Kier molecular flexibility index (Phi) is 4.06. The maximum absolute atomic E-state index is 9.38. The molecule has 120 valence electrons. The summed E-state index contributed by atoms with van der Waals surface area (Å²) in [4.78, 5) is 5.18. The highest BCUT2D eigenvalue weighted by atomic mass is 16.3. The summed E-state index contributed by atoms with van der Waals surface area (Å²) < 4.78 is 0. The molecule has 1 N–H and O–H groups in total. The van der Waals surface area contributed by atoms with Crippen LogP contribution >= 0.6 is 0 Å². The lowest BCUT2D eigenvalue weighted by molar-refractivity contribution is 0.246. The molecule has 0 aromatic heterocycles. The first-order chi connectivity index (χ1) is 11.3. The number of nitrogens with zero attached hydrogens (tertiary/aromatic N) is 2. The van der Waals surface area contributed by atoms with E-state index >= 15 is 0 Å². The smallest absolute Gasteiger partial charge is 0.115 e. The third-order valence-corrected chi connectivity index (χ3v) is 5.23. The van der Waals surface area contributed by atoms with Crippen molar-refractivity contribution in [2.45, 2.75) is 13.1 Å². The lowest BCUT2D eigenvalue weighted by atomic mass is 10.0. The fourth-order valence-corrected chi connectivity index (χ4v) is 4.15. The highest BCUT2D eigenvalue weighted by Gasteiger charge is 2.39. The van der Waals surface area contributed by atoms with Crippen LogP contribution in [-0.2, 0) is 13.1 Å². The number of benzene rings is 2. The fourth-order valence-electron chi connectivity index (χ4n) is 4.15. The molecule has 0 unspecified atom stereocenters. The molecule has 2 heterocycles. The number of rotatable bonds is 4. The zero-order chi connectivity index (χ0) is 15.6. The Balaban J connectivity index is 1.30. The van der Waals surface area contributed by atoms with Crippen molar-refractivity contribution in [3.63, 3.8) is 0 Å². The van der Waals surface area contributed by atoms with Crippen LogP contribution in [0.2, 0.25) is 0 Å². The molecule has 2 atom stereocenters. The van der Waals surface area contributed by atoms with Gasteiger partial charge in [-0.2, -0.15) is 0 Å². The largest absolute Gasteiger partial charge is 0.508 e. The number of hydrogen-bond donors (Lipinski definition) is 1. The number of fused-ring (bicyclic) bond motifs is 1. The fraction of sp³-hybridized carbons (Fsp3) is 0.400. The molecule has 3 nitrogen and oxygen atoms in total. The molecule has 0 saturated carbocycles. The number of phenolic OH excluding ortho intramolecular Hbond substituents is 1. The van der Waals surface area contributed by atoms with Gasteiger partial charge in [0.15, 0.2) is 0 Å². The molecule has 0 bridgehead atoms. The van der Waals surface area contributed by atoms with Crippen LogP contribution in [0.5, 0.6) is 5.75 Å². The van der Waals surface area contributed by atoms with E-state index in [1.807, 2.05) is 12.1 Å². The van der Waals surface area contributed by atoms with Crippen molar-refractivity contribution in [1.82, 2.24) is 9.80 Å². The molecule has 2 aromatic carbocycles. The summed E-state index contributed by atoms with van der Waals surface area (Å²) in [6, 6.07) is 18.4. The van der Waals surface area contributed by atoms with Crippen molar-refractivity contribution in [1.29, 1.82) is 0 Å². The lowest BCUT2D eigenvalue weighted by Crippen LogP contribution is -2.28. The van der Waals surface area contributed by atoms with Gasteiger partial charge in [0.1, 0.15) is 5.75 Å². The zero-order valence-electron chi connectivity index (χ0n) is 13.4. The van der Waals surface area contributed by atoms with E-state index in [2.05, 4.69) is 40.1 Å². The summed E-state index contributed by atoms with van der Waals surface area (Å²) in [6.07, 6.45) is 0. The standard InChI is InChI=1S/C20H24N2O/c23-20-8-6-17(7-9-20)11-22-14-18-12-21(13-19(18)15-22)10-16-4-2-1-3-5-16/h1-9,18-19,23H,10-15H2/t18-,19+. The quantitative estimate of drug-likeness (QED) is 0.941. The van der Waals surface area contributed by atoms with Gasteiger partial charge in [0, 0.05) is 39.3 Å². The minimum absolute atomic E-state index is 0.351. The number of aromatic hydroxyl groups is 1. The highest BCUT2D eigenvalue weighted by Crippen LogP contribution is 2.32. The van der Waals surface area contributed by atoms with Gasteiger partial charge in [-0.3, -0.25) is 9.80 Å². The Bertz CT molecular complexity index is 626. The van der Waals surface area contributed by atoms with Crippen LogP contribution in [0.4, 0.5) is 0 Å². The molecule has 2 saturated heterocycles. The van der Waals surface area contributed by atoms with Gasteiger partial charge in [0.25, 0.3) is 0 Å². The average Bonchev–Trinajstić information content (AvgIpc) is 3.08. The van der Waals surface area contributed by atoms with Crippen LogP contribution in [0.15, 0.2) is 54.6 Å². The summed E-state index contributed by atoms with van der Waals surface area (Å²) >= 11 is 0. The molecular formula is C20H24N2O. The molecule has 3 heteroatoms. The minimum atomic E-state index is 0.351. The van der Waals surface area contributed by atoms with Crippen LogP contribution in [0.3, 0.4) is 0 Å². The van der Waals surface area contributed by atoms with E-state index in [0.29, 0.717) is 5.75 Å². The average molecular weight is 308 g/mol. The van der Waals surface area contributed by atoms with Gasteiger partial charge in [-0.15, -0.1) is 0 Å². The van der Waals surface area contributed by atoms with Crippen LogP contribution in [0, 0.1) is 11.8 Å². The maximum atomic E-state index is 9.38. The number of phenols is 1. The van der Waals surface area contributed by atoms with Crippen LogP contribution in [-0.4, -0.2) is 41.1 Å². The molecule has 0 radical (unpaired) electrons. The van der Waals surface area contributed by atoms with Crippen molar-refractivity contribution < 1.29 is 5.11 Å². The van der Waals surface area contributed by atoms with Crippen LogP contribution < -0.4 is 0 Å². The van der Waals surface area contributed by atoms with E-state index in [9.17, 15) is 5.11 Å². The van der Waals surface area contributed by atoms with Gasteiger partial charge in [-0.05, 0) is 35.1 Å². The third-order valence-electron chi connectivity index (χ3n) is 5.23. The van der Waals surface area contributed by atoms with Gasteiger partial charge in [-0.25, -0.2) is 0 Å². The summed E-state index contributed by atoms with van der Waals surface area (Å²) in [5.74, 6) is 1.98. The molecule has 2 aromatic rings. The van der Waals surface area contributed by atoms with Gasteiger partial charge in [0.05, 0.1) is 0 Å². The van der Waals surface area contributed by atoms with E-state index < -0.39 is 0 Å². The Morgan fingerprint density at radius 3 is 1.70 bits per heavy atom. The molecule has 2 fully saturated rings. The molecule has 0 amide bonds. The molecule has 2 aliphatic heterocycles. The molecule has 23 heavy (non-hydrogen) atoms. The first kappa shape index (κ1) is 14.7. The predicted molar refractivity (Wildman–Crippen MR) is 92.1 cm³/mol. The Hall–Kier alpha value is -1.84. The second-order valence-corrected chi connectivity index (χ2v) is 7.06. The zero-order valence-corrected chi connectivity index (χ0v) is 13.4. The Morgan fingerprint density at radius 1 is 0.696 bits per heavy atom. The summed E-state index contributed by atoms with van der Waals surface area (Å²) in [6.45, 7) is 6.96. The molecule has 0 aliphatic carbocycles. The molecular weight excluding hydrogens is 284 g/mol. The Labute approximate surface area is 138 Å². The van der Waals surface area contributed by atoms with Gasteiger partial charge in [0.2, 0.25) is 0 Å². The van der Waals surface area contributed by atoms with E-state index in [4.69, 9.17) is 0 Å². The highest BCUT2D eigenvalue weighted by molar-refractivity contribution is 5.26. The van der Waals surface area contributed by atoms with E-state index in [1.165, 1.54) is 37.3 Å². The summed E-state index contributed by atoms with van der Waals surface area (Å²) in [7, 11) is 0. The topological polar surface area (TPSA) is 26.7 Å². The molecule has 2 aliphatic rings. The number of likely N-dealkylation sites (tertiary alicyclic amines) is 2. The SMILES string of the molecule is Oc1ccc(CN2C[C@H]3CN(Cc4ccccc4)C[C@H]3C2)cc1. The molecule has 0 spiro atoms. The number of hydrogen-bond acceptors (Lipinski definition) is 3. The van der Waals surface area contributed by atoms with Crippen LogP contribution in [0.25, 0.3) is 0 Å². The monoisotopic (exact) mass is 308 g/mol. The predicted octanol–water partition coefficient (Wildman–Crippen LogP) is 2.96. The second kappa shape index (κ2) is 6.34. The summed E-state index contributed by atoms with van der Waals surface area (Å²) in [5.41, 5.74) is 2.72. The van der Waals surface area contributed by atoms with Gasteiger partial charge >= 0.3 is 0 Å². The third kappa shape index (κ3) is 3.41. The van der Waals surface area contributed by atoms with E-state index in [1.54, 1.807) is 12.1 Å². The van der Waals surface area contributed by atoms with Crippen molar-refractivity contribution in [2.75, 3.05) is 26.2 Å². The minimum Gasteiger partial charge on any atom is -0.508 e. The van der Waals surface area contributed by atoms with Crippen molar-refractivity contribution in [3.05, 3.63) is 65.7 Å². The van der Waals surface area contributed by atoms with E-state index in [-0.39, 0.29) is 0 Å². The van der Waals surface area contributed by atoms with Crippen molar-refractivity contribution in [2.24, 2.45) is 11.8 Å². The van der Waals surface area contributed by atoms with Crippen molar-refractivity contribution in [3.8, 4) is 5.75 Å².